The number of oxazole rings is 1. The molecule has 120 valence electrons. The van der Waals surface area contributed by atoms with Gasteiger partial charge in [-0.1, -0.05) is 18.2 Å². The van der Waals surface area contributed by atoms with Crippen molar-refractivity contribution in [1.29, 1.82) is 0 Å². The maximum absolute atomic E-state index is 12.4. The van der Waals surface area contributed by atoms with Crippen LogP contribution in [0.2, 0.25) is 0 Å². The van der Waals surface area contributed by atoms with Crippen LogP contribution in [0.1, 0.15) is 11.5 Å². The summed E-state index contributed by atoms with van der Waals surface area (Å²) in [4.78, 5) is 5.40. The minimum absolute atomic E-state index is 0.0992. The molecule has 0 aliphatic carbocycles. The first-order chi connectivity index (χ1) is 11.1. The summed E-state index contributed by atoms with van der Waals surface area (Å²) in [6.45, 7) is -0.690. The Morgan fingerprint density at radius 2 is 2.09 bits per heavy atom. The third-order valence-corrected chi connectivity index (χ3v) is 4.03. The van der Waals surface area contributed by atoms with Crippen LogP contribution in [0.5, 0.6) is 5.75 Å². The Morgan fingerprint density at radius 1 is 1.26 bits per heavy atom. The second-order valence-electron chi connectivity index (χ2n) is 4.73. The summed E-state index contributed by atoms with van der Waals surface area (Å²) < 4.78 is 35.0. The second-order valence-corrected chi connectivity index (χ2v) is 5.68. The van der Waals surface area contributed by atoms with E-state index in [1.807, 2.05) is 24.4 Å². The lowest BCUT2D eigenvalue weighted by atomic mass is 10.2. The van der Waals surface area contributed by atoms with Crippen molar-refractivity contribution in [2.45, 2.75) is 20.1 Å². The van der Waals surface area contributed by atoms with Gasteiger partial charge in [-0.3, -0.25) is 0 Å². The van der Waals surface area contributed by atoms with Crippen LogP contribution in [0.15, 0.2) is 46.2 Å². The van der Waals surface area contributed by atoms with E-state index in [-0.39, 0.29) is 5.75 Å². The van der Waals surface area contributed by atoms with Crippen LogP contribution in [-0.4, -0.2) is 11.6 Å². The molecule has 3 aromatic rings. The zero-order valence-electron chi connectivity index (χ0n) is 12.3. The lowest BCUT2D eigenvalue weighted by Crippen LogP contribution is -2.07. The van der Waals surface area contributed by atoms with E-state index < -0.39 is 6.61 Å². The van der Waals surface area contributed by atoms with Crippen LogP contribution in [0.4, 0.5) is 14.5 Å². The molecular formula is C16H14F2N2O2S. The van der Waals surface area contributed by atoms with Gasteiger partial charge in [-0.25, -0.2) is 4.98 Å². The quantitative estimate of drug-likeness (QED) is 0.694. The smallest absolute Gasteiger partial charge is 0.387 e. The zero-order valence-corrected chi connectivity index (χ0v) is 13.1. The number of ether oxygens (including phenoxy) is 1. The standard InChI is InChI=1S/C16H14F2N2O2S/c1-10-12(20-15(21-10)14-7-4-8-23-14)9-19-11-5-2-3-6-13(11)22-16(17)18/h2-8,16,19H,9H2,1H3. The van der Waals surface area contributed by atoms with Gasteiger partial charge in [0.15, 0.2) is 0 Å². The molecule has 1 aromatic carbocycles. The van der Waals surface area contributed by atoms with Crippen LogP contribution < -0.4 is 10.1 Å². The van der Waals surface area contributed by atoms with Gasteiger partial charge in [0, 0.05) is 0 Å². The van der Waals surface area contributed by atoms with Crippen molar-refractivity contribution in [2.24, 2.45) is 0 Å². The molecule has 4 nitrogen and oxygen atoms in total. The van der Waals surface area contributed by atoms with Gasteiger partial charge in [0.05, 0.1) is 17.1 Å². The highest BCUT2D eigenvalue weighted by atomic mass is 32.1. The maximum atomic E-state index is 12.4. The Morgan fingerprint density at radius 3 is 2.83 bits per heavy atom. The average molecular weight is 336 g/mol. The molecule has 2 aromatic heterocycles. The minimum atomic E-state index is -2.86. The van der Waals surface area contributed by atoms with E-state index in [4.69, 9.17) is 4.42 Å². The van der Waals surface area contributed by atoms with Crippen molar-refractivity contribution < 1.29 is 17.9 Å². The Hall–Kier alpha value is -2.41. The van der Waals surface area contributed by atoms with E-state index in [1.54, 1.807) is 29.5 Å². The number of rotatable bonds is 6. The van der Waals surface area contributed by atoms with Crippen LogP contribution in [0, 0.1) is 6.92 Å². The van der Waals surface area contributed by atoms with Crippen LogP contribution in [0.25, 0.3) is 10.8 Å². The van der Waals surface area contributed by atoms with Gasteiger partial charge < -0.3 is 14.5 Å². The third-order valence-electron chi connectivity index (χ3n) is 3.17. The van der Waals surface area contributed by atoms with Gasteiger partial charge >= 0.3 is 6.61 Å². The van der Waals surface area contributed by atoms with Crippen LogP contribution in [-0.2, 0) is 6.54 Å². The topological polar surface area (TPSA) is 47.3 Å². The highest BCUT2D eigenvalue weighted by molar-refractivity contribution is 7.13. The van der Waals surface area contributed by atoms with E-state index in [1.165, 1.54) is 6.07 Å². The van der Waals surface area contributed by atoms with Crippen molar-refractivity contribution in [1.82, 2.24) is 4.98 Å². The molecule has 0 unspecified atom stereocenters. The molecule has 0 amide bonds. The Balaban J connectivity index is 1.74. The van der Waals surface area contributed by atoms with E-state index in [0.717, 1.165) is 10.6 Å². The van der Waals surface area contributed by atoms with Crippen molar-refractivity contribution in [2.75, 3.05) is 5.32 Å². The van der Waals surface area contributed by atoms with E-state index in [2.05, 4.69) is 15.0 Å². The molecule has 0 saturated carbocycles. The predicted octanol–water partition coefficient (Wildman–Crippen LogP) is 4.93. The number of aromatic nitrogens is 1. The van der Waals surface area contributed by atoms with E-state index >= 15 is 0 Å². The van der Waals surface area contributed by atoms with Gasteiger partial charge in [-0.2, -0.15) is 8.78 Å². The average Bonchev–Trinajstić information content (AvgIpc) is 3.15. The first kappa shape index (κ1) is 15.5. The van der Waals surface area contributed by atoms with Crippen molar-refractivity contribution in [3.63, 3.8) is 0 Å². The van der Waals surface area contributed by atoms with Crippen LogP contribution in [0.3, 0.4) is 0 Å². The van der Waals surface area contributed by atoms with Crippen molar-refractivity contribution in [3.8, 4) is 16.5 Å². The number of thiophene rings is 1. The molecule has 0 spiro atoms. The summed E-state index contributed by atoms with van der Waals surface area (Å²) in [5.74, 6) is 1.35. The maximum Gasteiger partial charge on any atom is 0.387 e. The lowest BCUT2D eigenvalue weighted by Gasteiger charge is -2.11. The Kier molecular flexibility index (Phi) is 4.57. The van der Waals surface area contributed by atoms with Gasteiger partial charge in [0.2, 0.25) is 5.89 Å². The molecule has 0 aliphatic heterocycles. The molecule has 0 saturated heterocycles. The molecule has 3 rings (SSSR count). The number of nitrogens with one attached hydrogen (secondary N) is 1. The summed E-state index contributed by atoms with van der Waals surface area (Å²) in [6.07, 6.45) is 0. The number of hydrogen-bond donors (Lipinski definition) is 1. The van der Waals surface area contributed by atoms with Crippen LogP contribution >= 0.6 is 11.3 Å². The predicted molar refractivity (Wildman–Crippen MR) is 85.0 cm³/mol. The van der Waals surface area contributed by atoms with Crippen molar-refractivity contribution >= 4 is 17.0 Å². The summed E-state index contributed by atoms with van der Waals surface area (Å²) in [5.41, 5.74) is 1.20. The van der Waals surface area contributed by atoms with E-state index in [0.29, 0.717) is 23.9 Å². The van der Waals surface area contributed by atoms with Gasteiger partial charge in [0.1, 0.15) is 17.2 Å². The number of benzene rings is 1. The zero-order chi connectivity index (χ0) is 16.2. The molecule has 0 fully saturated rings. The first-order valence-electron chi connectivity index (χ1n) is 6.91. The number of nitrogens with zero attached hydrogens (tertiary/aromatic N) is 1. The summed E-state index contributed by atoms with van der Waals surface area (Å²) in [5, 5.41) is 5.01. The molecule has 0 aliphatic rings. The highest BCUT2D eigenvalue weighted by Crippen LogP contribution is 2.28. The molecule has 0 bridgehead atoms. The summed E-state index contributed by atoms with van der Waals surface area (Å²) in [7, 11) is 0. The van der Waals surface area contributed by atoms with Crippen molar-refractivity contribution in [3.05, 3.63) is 53.2 Å². The number of anilines is 1. The fourth-order valence-electron chi connectivity index (χ4n) is 2.09. The highest BCUT2D eigenvalue weighted by Gasteiger charge is 2.13. The SMILES string of the molecule is Cc1oc(-c2cccs2)nc1CNc1ccccc1OC(F)F. The number of hydrogen-bond acceptors (Lipinski definition) is 5. The summed E-state index contributed by atoms with van der Waals surface area (Å²) in [6, 6.07) is 10.4. The lowest BCUT2D eigenvalue weighted by molar-refractivity contribution is -0.0493. The number of para-hydroxylation sites is 2. The number of aryl methyl sites for hydroxylation is 1. The first-order valence-corrected chi connectivity index (χ1v) is 7.79. The van der Waals surface area contributed by atoms with E-state index in [9.17, 15) is 8.78 Å². The number of alkyl halides is 2. The fraction of sp³-hybridized carbons (Fsp3) is 0.188. The molecule has 23 heavy (non-hydrogen) atoms. The second kappa shape index (κ2) is 6.78. The normalized spacial score (nSPS) is 11.0. The van der Waals surface area contributed by atoms with Gasteiger partial charge in [0.25, 0.3) is 0 Å². The minimum Gasteiger partial charge on any atom is -0.440 e. The van der Waals surface area contributed by atoms with Gasteiger partial charge in [-0.05, 0) is 30.5 Å². The molecule has 2 heterocycles. The molecule has 1 N–H and O–H groups in total. The molecule has 0 atom stereocenters. The molecule has 7 heteroatoms. The Bertz CT molecular complexity index is 772. The fourth-order valence-corrected chi connectivity index (χ4v) is 2.74. The third kappa shape index (κ3) is 3.68. The monoisotopic (exact) mass is 336 g/mol. The Labute approximate surface area is 135 Å². The van der Waals surface area contributed by atoms with Gasteiger partial charge in [-0.15, -0.1) is 11.3 Å². The number of halogens is 2. The molecule has 0 radical (unpaired) electrons. The summed E-state index contributed by atoms with van der Waals surface area (Å²) >= 11 is 1.54. The molecular weight excluding hydrogens is 322 g/mol. The largest absolute Gasteiger partial charge is 0.440 e.